The number of amides is 2. The van der Waals surface area contributed by atoms with Crippen LogP contribution in [0.2, 0.25) is 10.0 Å². The Balaban J connectivity index is 1.78. The summed E-state index contributed by atoms with van der Waals surface area (Å²) in [6.45, 7) is 5.06. The number of nitrogens with one attached hydrogen (secondary N) is 1. The normalized spacial score (nSPS) is 12.0. The highest BCUT2D eigenvalue weighted by atomic mass is 35.5. The van der Waals surface area contributed by atoms with Crippen molar-refractivity contribution in [3.8, 4) is 11.5 Å². The molecule has 0 radical (unpaired) electrons. The van der Waals surface area contributed by atoms with E-state index in [2.05, 4.69) is 5.32 Å². The predicted molar refractivity (Wildman–Crippen MR) is 104 cm³/mol. The van der Waals surface area contributed by atoms with Gasteiger partial charge in [-0.3, -0.25) is 9.59 Å². The molecule has 6 nitrogen and oxygen atoms in total. The molecule has 0 fully saturated rings. The van der Waals surface area contributed by atoms with Crippen molar-refractivity contribution >= 4 is 40.7 Å². The minimum atomic E-state index is -0.380. The van der Waals surface area contributed by atoms with Crippen molar-refractivity contribution < 1.29 is 19.1 Å². The third-order valence-corrected chi connectivity index (χ3v) is 4.79. The molecule has 0 saturated carbocycles. The summed E-state index contributed by atoms with van der Waals surface area (Å²) in [7, 11) is 0. The minimum absolute atomic E-state index is 0.0672. The molecular formula is C19H18Cl2N2O4. The first-order valence-electron chi connectivity index (χ1n) is 8.43. The van der Waals surface area contributed by atoms with Crippen molar-refractivity contribution in [2.24, 2.45) is 0 Å². The molecule has 0 saturated heterocycles. The molecule has 1 N–H and O–H groups in total. The summed E-state index contributed by atoms with van der Waals surface area (Å²) < 4.78 is 10.5. The monoisotopic (exact) mass is 408 g/mol. The molecule has 0 aromatic heterocycles. The van der Waals surface area contributed by atoms with Crippen LogP contribution >= 0.6 is 23.2 Å². The average molecular weight is 409 g/mol. The van der Waals surface area contributed by atoms with Crippen molar-refractivity contribution in [2.45, 2.75) is 13.8 Å². The second-order valence-corrected chi connectivity index (χ2v) is 6.63. The number of nitrogens with zero attached hydrogens (tertiary/aromatic N) is 1. The smallest absolute Gasteiger partial charge is 0.255 e. The molecule has 27 heavy (non-hydrogen) atoms. The van der Waals surface area contributed by atoms with Gasteiger partial charge in [0.25, 0.3) is 11.8 Å². The molecule has 0 aliphatic carbocycles. The molecule has 2 aromatic carbocycles. The first-order chi connectivity index (χ1) is 12.9. The Labute approximate surface area is 167 Å². The molecule has 1 heterocycles. The van der Waals surface area contributed by atoms with Gasteiger partial charge in [0.1, 0.15) is 0 Å². The largest absolute Gasteiger partial charge is 0.454 e. The standard InChI is InChI=1S/C19H18Cl2N2O4/c1-3-23(4-2)19(25)13-6-5-12(9-14(13)20)22-18(24)11-7-15(21)17-16(8-11)26-10-27-17/h5-9H,3-4,10H2,1-2H3,(H,22,24). The summed E-state index contributed by atoms with van der Waals surface area (Å²) in [6, 6.07) is 7.85. The summed E-state index contributed by atoms with van der Waals surface area (Å²) in [6.07, 6.45) is 0. The van der Waals surface area contributed by atoms with Crippen LogP contribution in [0.25, 0.3) is 0 Å². The number of ether oxygens (including phenoxy) is 2. The lowest BCUT2D eigenvalue weighted by atomic mass is 10.1. The second kappa shape index (κ2) is 8.06. The highest BCUT2D eigenvalue weighted by Gasteiger charge is 2.21. The maximum Gasteiger partial charge on any atom is 0.255 e. The van der Waals surface area contributed by atoms with Crippen molar-refractivity contribution in [1.29, 1.82) is 0 Å². The Morgan fingerprint density at radius 1 is 1.07 bits per heavy atom. The third kappa shape index (κ3) is 3.96. The van der Waals surface area contributed by atoms with E-state index >= 15 is 0 Å². The SMILES string of the molecule is CCN(CC)C(=O)c1ccc(NC(=O)c2cc(Cl)c3c(c2)OCO3)cc1Cl. The molecule has 0 atom stereocenters. The van der Waals surface area contributed by atoms with Crippen LogP contribution in [-0.4, -0.2) is 36.6 Å². The zero-order valence-electron chi connectivity index (χ0n) is 14.8. The predicted octanol–water partition coefficient (Wildman–Crippen LogP) is 4.46. The van der Waals surface area contributed by atoms with E-state index in [4.69, 9.17) is 32.7 Å². The van der Waals surface area contributed by atoms with E-state index < -0.39 is 0 Å². The molecule has 8 heteroatoms. The van der Waals surface area contributed by atoms with Gasteiger partial charge >= 0.3 is 0 Å². The Bertz CT molecular complexity index is 898. The summed E-state index contributed by atoms with van der Waals surface area (Å²) in [4.78, 5) is 26.6. The van der Waals surface area contributed by atoms with Gasteiger partial charge in [-0.15, -0.1) is 0 Å². The first kappa shape index (κ1) is 19.3. The number of carbonyl (C=O) groups is 2. The van der Waals surface area contributed by atoms with Gasteiger partial charge in [0.2, 0.25) is 6.79 Å². The highest BCUT2D eigenvalue weighted by Crippen LogP contribution is 2.40. The number of carbonyl (C=O) groups excluding carboxylic acids is 2. The van der Waals surface area contributed by atoms with E-state index in [0.717, 1.165) is 0 Å². The first-order valence-corrected chi connectivity index (χ1v) is 9.19. The van der Waals surface area contributed by atoms with Crippen molar-refractivity contribution in [2.75, 3.05) is 25.2 Å². The van der Waals surface area contributed by atoms with Gasteiger partial charge in [-0.25, -0.2) is 0 Å². The van der Waals surface area contributed by atoms with Gasteiger partial charge in [-0.1, -0.05) is 23.2 Å². The van der Waals surface area contributed by atoms with E-state index in [1.54, 1.807) is 29.2 Å². The zero-order valence-corrected chi connectivity index (χ0v) is 16.4. The molecule has 0 spiro atoms. The molecule has 2 aromatic rings. The lowest BCUT2D eigenvalue weighted by Crippen LogP contribution is -2.30. The third-order valence-electron chi connectivity index (χ3n) is 4.20. The number of anilines is 1. The lowest BCUT2D eigenvalue weighted by Gasteiger charge is -2.19. The van der Waals surface area contributed by atoms with Crippen LogP contribution in [-0.2, 0) is 0 Å². The maximum atomic E-state index is 12.5. The molecule has 0 bridgehead atoms. The number of hydrogen-bond acceptors (Lipinski definition) is 4. The number of benzene rings is 2. The van der Waals surface area contributed by atoms with Crippen molar-refractivity contribution in [1.82, 2.24) is 4.90 Å². The highest BCUT2D eigenvalue weighted by molar-refractivity contribution is 6.34. The molecule has 3 rings (SSSR count). The van der Waals surface area contributed by atoms with Gasteiger partial charge < -0.3 is 19.7 Å². The lowest BCUT2D eigenvalue weighted by molar-refractivity contribution is 0.0773. The fraction of sp³-hybridized carbons (Fsp3) is 0.263. The molecule has 2 amide bonds. The number of hydrogen-bond donors (Lipinski definition) is 1. The Kier molecular flexibility index (Phi) is 5.77. The van der Waals surface area contributed by atoms with Crippen LogP contribution in [0, 0.1) is 0 Å². The van der Waals surface area contributed by atoms with Crippen LogP contribution in [0.1, 0.15) is 34.6 Å². The molecule has 1 aliphatic heterocycles. The summed E-state index contributed by atoms with van der Waals surface area (Å²) >= 11 is 12.4. The van der Waals surface area contributed by atoms with E-state index in [-0.39, 0.29) is 23.6 Å². The van der Waals surface area contributed by atoms with E-state index in [1.165, 1.54) is 6.07 Å². The summed E-state index contributed by atoms with van der Waals surface area (Å²) in [5.41, 5.74) is 1.18. The maximum absolute atomic E-state index is 12.5. The number of halogens is 2. The van der Waals surface area contributed by atoms with Crippen LogP contribution in [0.3, 0.4) is 0 Å². The van der Waals surface area contributed by atoms with E-state index in [1.807, 2.05) is 13.8 Å². The van der Waals surface area contributed by atoms with Gasteiger partial charge in [0.05, 0.1) is 15.6 Å². The fourth-order valence-electron chi connectivity index (χ4n) is 2.75. The molecule has 0 unspecified atom stereocenters. The van der Waals surface area contributed by atoms with E-state index in [9.17, 15) is 9.59 Å². The topological polar surface area (TPSA) is 67.9 Å². The number of fused-ring (bicyclic) bond motifs is 1. The summed E-state index contributed by atoms with van der Waals surface area (Å²) in [5, 5.41) is 3.31. The van der Waals surface area contributed by atoms with Crippen LogP contribution in [0.15, 0.2) is 30.3 Å². The zero-order chi connectivity index (χ0) is 19.6. The molecular weight excluding hydrogens is 391 g/mol. The Hall–Kier alpha value is -2.44. The Morgan fingerprint density at radius 3 is 2.48 bits per heavy atom. The number of rotatable bonds is 5. The van der Waals surface area contributed by atoms with Gasteiger partial charge in [0, 0.05) is 24.3 Å². The van der Waals surface area contributed by atoms with Crippen molar-refractivity contribution in [3.05, 3.63) is 51.5 Å². The Morgan fingerprint density at radius 2 is 1.81 bits per heavy atom. The average Bonchev–Trinajstić information content (AvgIpc) is 3.12. The van der Waals surface area contributed by atoms with Gasteiger partial charge in [-0.05, 0) is 44.2 Å². The van der Waals surface area contributed by atoms with E-state index in [0.29, 0.717) is 46.4 Å². The quantitative estimate of drug-likeness (QED) is 0.792. The van der Waals surface area contributed by atoms with Gasteiger partial charge in [-0.2, -0.15) is 0 Å². The van der Waals surface area contributed by atoms with Crippen molar-refractivity contribution in [3.63, 3.8) is 0 Å². The fourth-order valence-corrected chi connectivity index (χ4v) is 3.28. The molecule has 1 aliphatic rings. The van der Waals surface area contributed by atoms with Gasteiger partial charge in [0.15, 0.2) is 11.5 Å². The summed E-state index contributed by atoms with van der Waals surface area (Å²) in [5.74, 6) is 0.320. The second-order valence-electron chi connectivity index (χ2n) is 5.82. The van der Waals surface area contributed by atoms with Crippen LogP contribution in [0.4, 0.5) is 5.69 Å². The minimum Gasteiger partial charge on any atom is -0.454 e. The van der Waals surface area contributed by atoms with Crippen LogP contribution < -0.4 is 14.8 Å². The van der Waals surface area contributed by atoms with Crippen LogP contribution in [0.5, 0.6) is 11.5 Å². The molecule has 142 valence electrons.